The fourth-order valence-electron chi connectivity index (χ4n) is 3.04. The minimum Gasteiger partial charge on any atom is -0.361 e. The van der Waals surface area contributed by atoms with Crippen LogP contribution in [0.4, 0.5) is 5.69 Å². The Balaban J connectivity index is 2.02. The summed E-state index contributed by atoms with van der Waals surface area (Å²) in [6, 6.07) is 12.2. The van der Waals surface area contributed by atoms with E-state index < -0.39 is 0 Å². The zero-order chi connectivity index (χ0) is 19.9. The maximum atomic E-state index is 9.63. The van der Waals surface area contributed by atoms with Crippen molar-refractivity contribution in [2.24, 2.45) is 0 Å². The van der Waals surface area contributed by atoms with Crippen LogP contribution in [0.25, 0.3) is 17.0 Å². The van der Waals surface area contributed by atoms with Gasteiger partial charge < -0.3 is 10.3 Å². The van der Waals surface area contributed by atoms with Crippen LogP contribution in [0.15, 0.2) is 90.6 Å². The molecule has 28 heavy (non-hydrogen) atoms. The van der Waals surface area contributed by atoms with Gasteiger partial charge in [0.1, 0.15) is 6.07 Å². The Hall–Kier alpha value is -3.84. The van der Waals surface area contributed by atoms with E-state index in [1.165, 1.54) is 0 Å². The number of rotatable bonds is 6. The Labute approximate surface area is 165 Å². The summed E-state index contributed by atoms with van der Waals surface area (Å²) in [6.45, 7) is 7.82. The number of nitriles is 1. The van der Waals surface area contributed by atoms with Gasteiger partial charge in [-0.1, -0.05) is 30.9 Å². The molecule has 0 radical (unpaired) electrons. The first-order valence-corrected chi connectivity index (χ1v) is 9.03. The quantitative estimate of drug-likeness (QED) is 0.421. The van der Waals surface area contributed by atoms with Crippen LogP contribution in [0.1, 0.15) is 18.1 Å². The van der Waals surface area contributed by atoms with Gasteiger partial charge in [-0.2, -0.15) is 5.26 Å². The highest BCUT2D eigenvalue weighted by Crippen LogP contribution is 2.28. The zero-order valence-corrected chi connectivity index (χ0v) is 16.0. The highest BCUT2D eigenvalue weighted by Gasteiger charge is 2.11. The minimum absolute atomic E-state index is 0.484. The number of H-pyrrole nitrogens is 1. The topological polar surface area (TPSA) is 64.5 Å². The number of pyridine rings is 1. The summed E-state index contributed by atoms with van der Waals surface area (Å²) in [5.74, 6) is 0. The summed E-state index contributed by atoms with van der Waals surface area (Å²) in [6.07, 6.45) is 13.0. The second-order valence-electron chi connectivity index (χ2n) is 6.27. The van der Waals surface area contributed by atoms with E-state index in [1.54, 1.807) is 18.5 Å². The van der Waals surface area contributed by atoms with Gasteiger partial charge in [-0.3, -0.25) is 4.98 Å². The highest BCUT2D eigenvalue weighted by molar-refractivity contribution is 5.88. The maximum Gasteiger partial charge on any atom is 0.101 e. The minimum atomic E-state index is 0.484. The fourth-order valence-corrected chi connectivity index (χ4v) is 3.04. The van der Waals surface area contributed by atoms with Crippen LogP contribution < -0.4 is 5.32 Å². The van der Waals surface area contributed by atoms with E-state index in [1.807, 2.05) is 55.6 Å². The number of allylic oxidation sites excluding steroid dienone is 4. The molecule has 0 aliphatic heterocycles. The van der Waals surface area contributed by atoms with Gasteiger partial charge in [0, 0.05) is 35.2 Å². The lowest BCUT2D eigenvalue weighted by Gasteiger charge is -2.16. The van der Waals surface area contributed by atoms with Crippen molar-refractivity contribution < 1.29 is 0 Å². The summed E-state index contributed by atoms with van der Waals surface area (Å²) in [5, 5.41) is 14.2. The summed E-state index contributed by atoms with van der Waals surface area (Å²) < 4.78 is 0. The Morgan fingerprint density at radius 2 is 2.14 bits per heavy atom. The van der Waals surface area contributed by atoms with Gasteiger partial charge in [0.25, 0.3) is 0 Å². The van der Waals surface area contributed by atoms with Gasteiger partial charge >= 0.3 is 0 Å². The molecule has 0 aliphatic rings. The van der Waals surface area contributed by atoms with E-state index in [0.717, 1.165) is 39.0 Å². The normalized spacial score (nSPS) is 12.7. The van der Waals surface area contributed by atoms with Crippen LogP contribution in [0.2, 0.25) is 0 Å². The lowest BCUT2D eigenvalue weighted by Crippen LogP contribution is -2.06. The first kappa shape index (κ1) is 18.9. The molecule has 0 bridgehead atoms. The molecule has 2 N–H and O–H groups in total. The van der Waals surface area contributed by atoms with Gasteiger partial charge in [-0.25, -0.2) is 0 Å². The fraction of sp³-hybridized carbons (Fsp3) is 0.0833. The molecule has 0 amide bonds. The number of aryl methyl sites for hydroxylation is 1. The van der Waals surface area contributed by atoms with Crippen molar-refractivity contribution in [1.82, 2.24) is 9.97 Å². The van der Waals surface area contributed by atoms with Crippen LogP contribution in [0.5, 0.6) is 0 Å². The average Bonchev–Trinajstić information content (AvgIpc) is 3.21. The van der Waals surface area contributed by atoms with E-state index in [-0.39, 0.29) is 0 Å². The Kier molecular flexibility index (Phi) is 5.88. The second-order valence-corrected chi connectivity index (χ2v) is 6.27. The molecular weight excluding hydrogens is 344 g/mol. The molecule has 1 aromatic carbocycles. The van der Waals surface area contributed by atoms with Crippen molar-refractivity contribution in [2.75, 3.05) is 5.32 Å². The summed E-state index contributed by atoms with van der Waals surface area (Å²) >= 11 is 0. The van der Waals surface area contributed by atoms with Crippen molar-refractivity contribution in [1.29, 1.82) is 5.26 Å². The van der Waals surface area contributed by atoms with E-state index >= 15 is 0 Å². The number of benzene rings is 1. The van der Waals surface area contributed by atoms with Crippen molar-refractivity contribution in [2.45, 2.75) is 13.8 Å². The molecule has 2 heterocycles. The van der Waals surface area contributed by atoms with Crippen molar-refractivity contribution >= 4 is 22.7 Å². The lowest BCUT2D eigenvalue weighted by molar-refractivity contribution is 1.31. The van der Waals surface area contributed by atoms with E-state index in [9.17, 15) is 5.26 Å². The third-order valence-corrected chi connectivity index (χ3v) is 4.60. The predicted molar refractivity (Wildman–Crippen MR) is 117 cm³/mol. The van der Waals surface area contributed by atoms with Crippen LogP contribution in [0.3, 0.4) is 0 Å². The van der Waals surface area contributed by atoms with E-state index in [2.05, 4.69) is 40.9 Å². The molecule has 0 saturated carbocycles. The Morgan fingerprint density at radius 1 is 1.29 bits per heavy atom. The standard InChI is InChI=1S/C24H22N4/c1-4-19(9-8-18-7-6-13-26-16-18)24(20(5-2)15-25)28-22-10-11-23-21(17(22)3)12-14-27-23/h4-14,16,27-28H,2H2,1,3H3/b9-8+,19-4-,24-20-. The second kappa shape index (κ2) is 8.70. The number of nitrogens with zero attached hydrogens (tertiary/aromatic N) is 2. The smallest absolute Gasteiger partial charge is 0.101 e. The molecule has 3 aromatic rings. The lowest BCUT2D eigenvalue weighted by atomic mass is 10.0. The van der Waals surface area contributed by atoms with Crippen molar-refractivity contribution in [3.05, 3.63) is 102 Å². The number of aromatic nitrogens is 2. The molecule has 3 rings (SSSR count). The molecule has 2 aromatic heterocycles. The Bertz CT molecular complexity index is 1120. The molecule has 0 fully saturated rings. The third kappa shape index (κ3) is 3.94. The molecule has 4 heteroatoms. The molecule has 0 aliphatic carbocycles. The van der Waals surface area contributed by atoms with E-state index in [4.69, 9.17) is 0 Å². The van der Waals surface area contributed by atoms with Crippen LogP contribution in [0, 0.1) is 18.3 Å². The van der Waals surface area contributed by atoms with Crippen molar-refractivity contribution in [3.63, 3.8) is 0 Å². The van der Waals surface area contributed by atoms with Gasteiger partial charge in [0.15, 0.2) is 0 Å². The number of hydrogen-bond donors (Lipinski definition) is 2. The number of anilines is 1. The monoisotopic (exact) mass is 366 g/mol. The largest absolute Gasteiger partial charge is 0.361 e. The summed E-state index contributed by atoms with van der Waals surface area (Å²) in [4.78, 5) is 7.36. The molecule has 0 atom stereocenters. The van der Waals surface area contributed by atoms with Gasteiger partial charge in [0.05, 0.1) is 11.3 Å². The van der Waals surface area contributed by atoms with Crippen LogP contribution >= 0.6 is 0 Å². The first-order chi connectivity index (χ1) is 13.7. The SMILES string of the molecule is C=C\C(C#N)=C(Nc1ccc2[nH]ccc2c1C)/C(=C\C)/C=C/c1cccnc1. The van der Waals surface area contributed by atoms with Gasteiger partial charge in [-0.15, -0.1) is 0 Å². The number of hydrogen-bond acceptors (Lipinski definition) is 3. The van der Waals surface area contributed by atoms with Gasteiger partial charge in [0.2, 0.25) is 0 Å². The average molecular weight is 366 g/mol. The third-order valence-electron chi connectivity index (χ3n) is 4.60. The van der Waals surface area contributed by atoms with Crippen molar-refractivity contribution in [3.8, 4) is 6.07 Å². The molecule has 138 valence electrons. The molecule has 0 spiro atoms. The molecule has 0 saturated heterocycles. The van der Waals surface area contributed by atoms with Crippen LogP contribution in [-0.2, 0) is 0 Å². The summed E-state index contributed by atoms with van der Waals surface area (Å²) in [7, 11) is 0. The zero-order valence-electron chi connectivity index (χ0n) is 16.0. The van der Waals surface area contributed by atoms with E-state index in [0.29, 0.717) is 5.57 Å². The summed E-state index contributed by atoms with van der Waals surface area (Å²) in [5.41, 5.74) is 6.24. The molecule has 0 unspecified atom stereocenters. The van der Waals surface area contributed by atoms with Crippen LogP contribution in [-0.4, -0.2) is 9.97 Å². The number of nitrogens with one attached hydrogen (secondary N) is 2. The highest BCUT2D eigenvalue weighted by atomic mass is 14.9. The maximum absolute atomic E-state index is 9.63. The molecular formula is C24H22N4. The number of aromatic amines is 1. The first-order valence-electron chi connectivity index (χ1n) is 9.03. The molecule has 4 nitrogen and oxygen atoms in total. The Morgan fingerprint density at radius 3 is 2.82 bits per heavy atom. The predicted octanol–water partition coefficient (Wildman–Crippen LogP) is 5.91. The van der Waals surface area contributed by atoms with Gasteiger partial charge in [-0.05, 0) is 60.9 Å². The number of fused-ring (bicyclic) bond motifs is 1.